The number of terminal acetylenes is 8. The molecule has 3 unspecified atom stereocenters. The summed E-state index contributed by atoms with van der Waals surface area (Å²) in [5.41, 5.74) is 10.2. The minimum atomic E-state index is -3.79. The molecule has 0 spiro atoms. The van der Waals surface area contributed by atoms with Gasteiger partial charge >= 0.3 is 0 Å². The first-order chi connectivity index (χ1) is 62.7. The molecule has 0 aliphatic rings. The van der Waals surface area contributed by atoms with Gasteiger partial charge in [0.1, 0.15) is 25.7 Å². The summed E-state index contributed by atoms with van der Waals surface area (Å²) in [5, 5.41) is 9.39. The fraction of sp³-hybridized carbons (Fsp3) is 0.386. The molecule has 0 heterocycles. The summed E-state index contributed by atoms with van der Waals surface area (Å²) < 4.78 is 82.8. The fourth-order valence-corrected chi connectivity index (χ4v) is 14.6. The molecule has 0 bridgehead atoms. The number of hydrogen-bond acceptors (Lipinski definition) is 12. The molecule has 8 atom stereocenters. The van der Waals surface area contributed by atoms with Gasteiger partial charge in [-0.25, -0.2) is 17.6 Å². The van der Waals surface area contributed by atoms with Crippen LogP contribution >= 0.6 is 23.2 Å². The molecule has 9 rings (SSSR count). The molecule has 0 aromatic heterocycles. The number of benzene rings is 9. The Balaban J connectivity index is 0. The molecule has 0 amide bonds. The molecule has 0 fully saturated rings. The van der Waals surface area contributed by atoms with E-state index in [-0.39, 0.29) is 83.3 Å². The smallest absolute Gasteiger partial charge is 0.297 e. The van der Waals surface area contributed by atoms with Crippen LogP contribution in [0.3, 0.4) is 0 Å². The van der Waals surface area contributed by atoms with E-state index in [1.807, 2.05) is 299 Å². The van der Waals surface area contributed by atoms with Crippen LogP contribution in [0.2, 0.25) is 0 Å². The quantitative estimate of drug-likeness (QED) is 0.0171. The Morgan fingerprint density at radius 2 is 0.556 bits per heavy atom. The molecule has 9 aromatic carbocycles. The Morgan fingerprint density at radius 1 is 0.331 bits per heavy atom. The maximum absolute atomic E-state index is 13.6. The molecular weight excluding hydrogens is 1720 g/mol. The van der Waals surface area contributed by atoms with Crippen LogP contribution in [0.5, 0.6) is 0 Å². The molecule has 12 nitrogen and oxygen atoms in total. The van der Waals surface area contributed by atoms with Crippen molar-refractivity contribution in [2.45, 2.75) is 133 Å². The van der Waals surface area contributed by atoms with Crippen molar-refractivity contribution in [1.82, 2.24) is 39.2 Å². The number of likely N-dealkylation sites (N-methyl/N-ethyl adjacent to an activating group) is 5. The molecule has 0 aliphatic carbocycles. The van der Waals surface area contributed by atoms with Crippen LogP contribution in [0, 0.1) is 106 Å². The minimum absolute atomic E-state index is 0. The van der Waals surface area contributed by atoms with Gasteiger partial charge < -0.3 is 5.11 Å². The van der Waals surface area contributed by atoms with E-state index >= 15 is 0 Å². The Kier molecular flexibility index (Phi) is 72.7. The number of alkyl halides is 6. The van der Waals surface area contributed by atoms with E-state index in [9.17, 15) is 31.1 Å². The number of aliphatic hydroxyl groups excluding tert-OH is 1. The fourth-order valence-electron chi connectivity index (χ4n) is 12.9. The van der Waals surface area contributed by atoms with E-state index in [1.165, 1.54) is 16.7 Å². The van der Waals surface area contributed by atoms with E-state index in [0.717, 1.165) is 59.2 Å². The van der Waals surface area contributed by atoms with Crippen molar-refractivity contribution in [3.05, 3.63) is 317 Å². The van der Waals surface area contributed by atoms with Crippen LogP contribution in [0.15, 0.2) is 272 Å². The van der Waals surface area contributed by atoms with Crippen LogP contribution < -0.4 is 0 Å². The predicted molar refractivity (Wildman–Crippen MR) is 560 cm³/mol. The second-order valence-corrected chi connectivity index (χ2v) is 34.1. The lowest BCUT2D eigenvalue weighted by molar-refractivity contribution is 0.158. The summed E-state index contributed by atoms with van der Waals surface area (Å²) in [6, 6.07) is 86.3. The number of aliphatic hydroxyl groups is 1. The molecule has 1 N–H and O–H groups in total. The maximum Gasteiger partial charge on any atom is 0.297 e. The lowest BCUT2D eigenvalue weighted by Crippen LogP contribution is -2.38. The number of hydrogen-bond donors (Lipinski definition) is 1. The minimum Gasteiger partial charge on any atom is -0.395 e. The number of rotatable bonds is 43. The van der Waals surface area contributed by atoms with Crippen molar-refractivity contribution in [3.8, 4) is 98.8 Å². The third-order valence-electron chi connectivity index (χ3n) is 20.4. The number of halogens is 6. The second-order valence-electron chi connectivity index (χ2n) is 31.6. The van der Waals surface area contributed by atoms with Gasteiger partial charge in [0.05, 0.1) is 75.8 Å². The Bertz CT molecular complexity index is 4410. The molecule has 9 aromatic rings. The topological polar surface area (TPSA) is 89.5 Å². The van der Waals surface area contributed by atoms with Crippen molar-refractivity contribution in [2.24, 2.45) is 0 Å². The van der Waals surface area contributed by atoms with Crippen LogP contribution in [-0.4, -0.2) is 261 Å². The van der Waals surface area contributed by atoms with Gasteiger partial charge in [0.2, 0.25) is 0 Å². The standard InChI is InChI=1S/C20H23NO3S.2C13H16ClN.4C13H16FN.C13H17NO.3CH4/c1-4-14-21(3)19(15-18-8-6-5-7-9-18)16-24-25(22,23)20-12-10-17(2)11-13-20;1-3-9-15(2)11-13(14)10-12-7-5-4-6-8-12;1-3-9-15(2)13(11-14)10-12-7-5-4-6-8-12;2*1-3-9-15(2)11-13(14)10-12-7-5-4-6-8-12;2*1-3-9-15(2)13(11-14)10-12-7-5-4-6-8-12;1-3-9-14(2)13(11-15)10-12-7-5-4-6-8-12;;;/h1,5-13,19H,14-16H2,2-3H3;6*1,4-8,13H,9-11H2,2H3;1,4-8,13,15H,9-11H2,2H3;3*1H4/t19-;;13-;;;3*13-;;;/m0.0..000.../s1/i;;;14-1;;14-1;;;;;. The summed E-state index contributed by atoms with van der Waals surface area (Å²) >= 11 is 12.2. The third kappa shape index (κ3) is 58.8. The zero-order valence-corrected chi connectivity index (χ0v) is 79.9. The Morgan fingerprint density at radius 3 is 0.820 bits per heavy atom. The zero-order valence-electron chi connectivity index (χ0n) is 77.5. The average molecular weight is 1870 g/mol. The van der Waals surface area contributed by atoms with Crippen LogP contribution in [-0.2, 0) is 65.7 Å². The molecule has 0 aliphatic heterocycles. The van der Waals surface area contributed by atoms with Gasteiger partial charge in [-0.05, 0) is 158 Å². The SMILES string of the molecule is C.C.C.C#CCN(C)CC(Cl)Cc1ccccc1.C#CCN(C)CC(F)Cc1ccccc1.C#CCN(C)CC([18F])Cc1ccccc1.C#CCN(C)[C@H](CCl)Cc1ccccc1.C#CCN(C)[C@H](CF)Cc1ccccc1.C#CCN(C)[C@H](CO)Cc1ccccc1.C#CCN(C)[C@H](COS(=O)(=O)c1ccc(C)cc1)Cc1ccccc1.C#CCN(C)[C@H](C[18F])Cc1ccccc1. The van der Waals surface area contributed by atoms with Gasteiger partial charge in [0.15, 0.2) is 0 Å². The summed E-state index contributed by atoms with van der Waals surface area (Å²) in [5.74, 6) is 21.1. The van der Waals surface area contributed by atoms with Gasteiger partial charge in [0, 0.05) is 68.6 Å². The number of nitrogens with zero attached hydrogens (tertiary/aromatic N) is 8. The first-order valence-corrected chi connectivity index (χ1v) is 45.6. The van der Waals surface area contributed by atoms with Gasteiger partial charge in [-0.2, -0.15) is 8.42 Å². The van der Waals surface area contributed by atoms with Crippen LogP contribution in [0.25, 0.3) is 0 Å². The second kappa shape index (κ2) is 77.7. The highest BCUT2D eigenvalue weighted by atomic mass is 35.5. The molecular formula is C114H148Cl2F4N8O4S. The van der Waals surface area contributed by atoms with E-state index in [2.05, 4.69) is 93.6 Å². The lowest BCUT2D eigenvalue weighted by atomic mass is 10.1. The first kappa shape index (κ1) is 124. The number of aryl methyl sites for hydroxylation is 1. The lowest BCUT2D eigenvalue weighted by Gasteiger charge is -2.26. The van der Waals surface area contributed by atoms with Gasteiger partial charge in [0.25, 0.3) is 10.1 Å². The van der Waals surface area contributed by atoms with Crippen molar-refractivity contribution in [1.29, 1.82) is 0 Å². The van der Waals surface area contributed by atoms with Crippen LogP contribution in [0.1, 0.15) is 72.4 Å². The van der Waals surface area contributed by atoms with E-state index in [4.69, 9.17) is 78.8 Å². The highest BCUT2D eigenvalue weighted by Gasteiger charge is 2.23. The summed E-state index contributed by atoms with van der Waals surface area (Å²) in [4.78, 5) is 15.6. The monoisotopic (exact) mass is 1870 g/mol. The summed E-state index contributed by atoms with van der Waals surface area (Å²) in [6.45, 7) is 7.19. The molecule has 0 saturated carbocycles. The van der Waals surface area contributed by atoms with E-state index in [1.54, 1.807) is 24.3 Å². The first-order valence-electron chi connectivity index (χ1n) is 43.2. The van der Waals surface area contributed by atoms with Crippen LogP contribution in [0.4, 0.5) is 17.6 Å². The van der Waals surface area contributed by atoms with Gasteiger partial charge in [-0.3, -0.25) is 43.4 Å². The highest BCUT2D eigenvalue weighted by Crippen LogP contribution is 2.19. The maximum atomic E-state index is 13.6. The summed E-state index contributed by atoms with van der Waals surface area (Å²) in [7, 11) is 11.4. The Labute approximate surface area is 812 Å². The van der Waals surface area contributed by atoms with E-state index in [0.29, 0.717) is 109 Å². The van der Waals surface area contributed by atoms with Gasteiger partial charge in [-0.1, -0.05) is 330 Å². The van der Waals surface area contributed by atoms with Crippen molar-refractivity contribution >= 4 is 33.3 Å². The van der Waals surface area contributed by atoms with Crippen molar-refractivity contribution in [3.63, 3.8) is 0 Å². The predicted octanol–water partition coefficient (Wildman–Crippen LogP) is 19.3. The highest BCUT2D eigenvalue weighted by molar-refractivity contribution is 7.86. The third-order valence-corrected chi connectivity index (χ3v) is 22.3. The average Bonchev–Trinajstić information content (AvgIpc) is 0.834. The van der Waals surface area contributed by atoms with Crippen molar-refractivity contribution in [2.75, 3.05) is 161 Å². The van der Waals surface area contributed by atoms with Gasteiger partial charge in [-0.15, -0.1) is 74.6 Å². The summed E-state index contributed by atoms with van der Waals surface area (Å²) in [6.07, 6.45) is 45.8. The zero-order chi connectivity index (χ0) is 96.0. The molecule has 0 radical (unpaired) electrons. The molecule has 716 valence electrons. The largest absolute Gasteiger partial charge is 0.395 e. The molecule has 19 heteroatoms. The van der Waals surface area contributed by atoms with E-state index < -0.39 is 22.5 Å². The molecule has 0 saturated heterocycles. The Hall–Kier alpha value is -10.7. The van der Waals surface area contributed by atoms with Crippen molar-refractivity contribution < 1.29 is 35.3 Å². The molecule has 133 heavy (non-hydrogen) atoms. The normalized spacial score (nSPS) is 12.2.